The first-order chi connectivity index (χ1) is 10.3. The Balaban J connectivity index is 1.67. The average molecular weight is 287 g/mol. The van der Waals surface area contributed by atoms with Gasteiger partial charge in [-0.25, -0.2) is 0 Å². The molecule has 0 aliphatic carbocycles. The van der Waals surface area contributed by atoms with Gasteiger partial charge in [-0.15, -0.1) is 0 Å². The normalized spacial score (nSPS) is 10.4. The smallest absolute Gasteiger partial charge is 0.119 e. The lowest BCUT2D eigenvalue weighted by Crippen LogP contribution is -2.20. The highest BCUT2D eigenvalue weighted by Crippen LogP contribution is 2.16. The van der Waals surface area contributed by atoms with Crippen LogP contribution in [0, 0.1) is 0 Å². The van der Waals surface area contributed by atoms with Gasteiger partial charge in [0.25, 0.3) is 0 Å². The third kappa shape index (κ3) is 5.10. The molecule has 0 fully saturated rings. The minimum absolute atomic E-state index is 0.0778. The highest BCUT2D eigenvalue weighted by molar-refractivity contribution is 5.31. The van der Waals surface area contributed by atoms with Gasteiger partial charge < -0.3 is 19.9 Å². The zero-order valence-corrected chi connectivity index (χ0v) is 12.2. The average Bonchev–Trinajstić information content (AvgIpc) is 2.55. The zero-order valence-electron chi connectivity index (χ0n) is 12.2. The summed E-state index contributed by atoms with van der Waals surface area (Å²) in [5, 5.41) is 12.4. The predicted molar refractivity (Wildman–Crippen MR) is 82.6 cm³/mol. The number of hydrogen-bond donors (Lipinski definition) is 2. The minimum Gasteiger partial charge on any atom is -0.497 e. The molecule has 112 valence electrons. The van der Waals surface area contributed by atoms with E-state index in [0.29, 0.717) is 6.61 Å². The lowest BCUT2D eigenvalue weighted by atomic mass is 10.1. The van der Waals surface area contributed by atoms with Crippen LogP contribution in [0.2, 0.25) is 0 Å². The summed E-state index contributed by atoms with van der Waals surface area (Å²) in [6.07, 6.45) is 0. The highest BCUT2D eigenvalue weighted by Gasteiger charge is 1.97. The molecule has 0 aliphatic heterocycles. The summed E-state index contributed by atoms with van der Waals surface area (Å²) in [5.41, 5.74) is 2.09. The quantitative estimate of drug-likeness (QED) is 0.732. The van der Waals surface area contributed by atoms with Crippen molar-refractivity contribution in [1.29, 1.82) is 0 Å². The van der Waals surface area contributed by atoms with Crippen LogP contribution < -0.4 is 14.8 Å². The molecule has 2 aromatic carbocycles. The van der Waals surface area contributed by atoms with E-state index in [1.807, 2.05) is 48.5 Å². The van der Waals surface area contributed by atoms with Crippen LogP contribution in [0.3, 0.4) is 0 Å². The molecule has 0 radical (unpaired) electrons. The molecule has 0 aliphatic rings. The second-order valence-corrected chi connectivity index (χ2v) is 4.68. The maximum absolute atomic E-state index is 9.09. The fraction of sp³-hybridized carbons (Fsp3) is 0.294. The number of ether oxygens (including phenoxy) is 2. The third-order valence-electron chi connectivity index (χ3n) is 3.11. The first-order valence-corrected chi connectivity index (χ1v) is 6.98. The summed E-state index contributed by atoms with van der Waals surface area (Å²) in [4.78, 5) is 0. The van der Waals surface area contributed by atoms with Gasteiger partial charge in [0.05, 0.1) is 13.7 Å². The fourth-order valence-electron chi connectivity index (χ4n) is 1.98. The number of methoxy groups -OCH3 is 1. The van der Waals surface area contributed by atoms with E-state index in [0.717, 1.165) is 35.7 Å². The van der Waals surface area contributed by atoms with Crippen molar-refractivity contribution in [3.8, 4) is 11.5 Å². The zero-order chi connectivity index (χ0) is 14.9. The maximum atomic E-state index is 9.09. The van der Waals surface area contributed by atoms with Crippen LogP contribution in [0.5, 0.6) is 11.5 Å². The topological polar surface area (TPSA) is 50.7 Å². The van der Waals surface area contributed by atoms with E-state index in [2.05, 4.69) is 5.32 Å². The molecular weight excluding hydrogens is 266 g/mol. The van der Waals surface area contributed by atoms with Crippen LogP contribution in [0.4, 0.5) is 0 Å². The van der Waals surface area contributed by atoms with E-state index in [4.69, 9.17) is 14.6 Å². The lowest BCUT2D eigenvalue weighted by Gasteiger charge is -2.09. The van der Waals surface area contributed by atoms with Gasteiger partial charge in [0, 0.05) is 13.1 Å². The number of hydrogen-bond acceptors (Lipinski definition) is 4. The number of benzene rings is 2. The van der Waals surface area contributed by atoms with Crippen molar-refractivity contribution in [3.63, 3.8) is 0 Å². The molecule has 21 heavy (non-hydrogen) atoms. The number of rotatable bonds is 8. The van der Waals surface area contributed by atoms with Crippen molar-refractivity contribution < 1.29 is 14.6 Å². The van der Waals surface area contributed by atoms with Gasteiger partial charge in [-0.2, -0.15) is 0 Å². The van der Waals surface area contributed by atoms with Crippen molar-refractivity contribution in [2.24, 2.45) is 0 Å². The molecule has 0 unspecified atom stereocenters. The van der Waals surface area contributed by atoms with Crippen molar-refractivity contribution >= 4 is 0 Å². The van der Waals surface area contributed by atoms with Crippen LogP contribution >= 0.6 is 0 Å². The Morgan fingerprint density at radius 1 is 1.00 bits per heavy atom. The van der Waals surface area contributed by atoms with Gasteiger partial charge in [-0.1, -0.05) is 24.3 Å². The van der Waals surface area contributed by atoms with Crippen molar-refractivity contribution in [2.45, 2.75) is 13.2 Å². The van der Waals surface area contributed by atoms with E-state index < -0.39 is 0 Å². The molecule has 0 heterocycles. The number of nitrogens with one attached hydrogen (secondary N) is 1. The lowest BCUT2D eigenvalue weighted by molar-refractivity contribution is 0.281. The molecule has 4 heteroatoms. The molecule has 2 rings (SSSR count). The highest BCUT2D eigenvalue weighted by atomic mass is 16.5. The number of aliphatic hydroxyl groups excluding tert-OH is 1. The van der Waals surface area contributed by atoms with Crippen LogP contribution in [0.1, 0.15) is 11.1 Å². The van der Waals surface area contributed by atoms with E-state index >= 15 is 0 Å². The standard InChI is InChI=1S/C17H21NO3/c1-20-16-5-7-17(8-6-16)21-10-9-18-12-14-3-2-4-15(11-14)13-19/h2-8,11,18-19H,9-10,12-13H2,1H3. The molecule has 0 saturated heterocycles. The van der Waals surface area contributed by atoms with Gasteiger partial charge in [0.1, 0.15) is 18.1 Å². The van der Waals surface area contributed by atoms with Crippen LogP contribution in [0.15, 0.2) is 48.5 Å². The molecule has 0 amide bonds. The monoisotopic (exact) mass is 287 g/mol. The molecular formula is C17H21NO3. The Kier molecular flexibility index (Phi) is 6.06. The number of aliphatic hydroxyl groups is 1. The summed E-state index contributed by atoms with van der Waals surface area (Å²) >= 11 is 0. The summed E-state index contributed by atoms with van der Waals surface area (Å²) < 4.78 is 10.7. The summed E-state index contributed by atoms with van der Waals surface area (Å²) in [6.45, 7) is 2.20. The summed E-state index contributed by atoms with van der Waals surface area (Å²) in [7, 11) is 1.64. The minimum atomic E-state index is 0.0778. The molecule has 0 bridgehead atoms. The SMILES string of the molecule is COc1ccc(OCCNCc2cccc(CO)c2)cc1. The summed E-state index contributed by atoms with van der Waals surface area (Å²) in [6, 6.07) is 15.4. The van der Waals surface area contributed by atoms with E-state index in [9.17, 15) is 0 Å². The van der Waals surface area contributed by atoms with E-state index in [1.54, 1.807) is 7.11 Å². The van der Waals surface area contributed by atoms with Crippen molar-refractivity contribution in [2.75, 3.05) is 20.3 Å². The molecule has 4 nitrogen and oxygen atoms in total. The molecule has 2 N–H and O–H groups in total. The van der Waals surface area contributed by atoms with Crippen LogP contribution in [-0.4, -0.2) is 25.4 Å². The van der Waals surface area contributed by atoms with E-state index in [-0.39, 0.29) is 6.61 Å². The van der Waals surface area contributed by atoms with Crippen LogP contribution in [-0.2, 0) is 13.2 Å². The summed E-state index contributed by atoms with van der Waals surface area (Å²) in [5.74, 6) is 1.66. The van der Waals surface area contributed by atoms with Crippen LogP contribution in [0.25, 0.3) is 0 Å². The second kappa shape index (κ2) is 8.29. The Morgan fingerprint density at radius 3 is 2.43 bits per heavy atom. The Labute approximate surface area is 125 Å². The largest absolute Gasteiger partial charge is 0.497 e. The van der Waals surface area contributed by atoms with Crippen molar-refractivity contribution in [3.05, 3.63) is 59.7 Å². The van der Waals surface area contributed by atoms with Gasteiger partial charge in [0.2, 0.25) is 0 Å². The molecule has 0 atom stereocenters. The van der Waals surface area contributed by atoms with Gasteiger partial charge in [0.15, 0.2) is 0 Å². The third-order valence-corrected chi connectivity index (χ3v) is 3.11. The predicted octanol–water partition coefficient (Wildman–Crippen LogP) is 2.36. The Bertz CT molecular complexity index is 540. The van der Waals surface area contributed by atoms with Gasteiger partial charge in [-0.3, -0.25) is 0 Å². The van der Waals surface area contributed by atoms with Gasteiger partial charge >= 0.3 is 0 Å². The van der Waals surface area contributed by atoms with Gasteiger partial charge in [-0.05, 0) is 35.4 Å². The maximum Gasteiger partial charge on any atom is 0.119 e. The Morgan fingerprint density at radius 2 is 1.71 bits per heavy atom. The molecule has 2 aromatic rings. The second-order valence-electron chi connectivity index (χ2n) is 4.68. The van der Waals surface area contributed by atoms with E-state index in [1.165, 1.54) is 0 Å². The Hall–Kier alpha value is -2.04. The molecule has 0 saturated carbocycles. The van der Waals surface area contributed by atoms with Crippen molar-refractivity contribution in [1.82, 2.24) is 5.32 Å². The molecule has 0 spiro atoms. The fourth-order valence-corrected chi connectivity index (χ4v) is 1.98. The first kappa shape index (κ1) is 15.4. The molecule has 0 aromatic heterocycles. The first-order valence-electron chi connectivity index (χ1n) is 6.98.